The van der Waals surface area contributed by atoms with Crippen molar-refractivity contribution in [2.75, 3.05) is 23.7 Å². The van der Waals surface area contributed by atoms with Crippen LogP contribution in [0, 0.1) is 11.6 Å². The molecule has 0 radical (unpaired) electrons. The van der Waals surface area contributed by atoms with E-state index in [0.29, 0.717) is 13.0 Å². The van der Waals surface area contributed by atoms with Gasteiger partial charge in [0, 0.05) is 48.8 Å². The molecule has 0 unspecified atom stereocenters. The Balaban J connectivity index is 0.000000263. The number of carbonyl (C=O) groups is 6. The molecule has 362 valence electrons. The number of azide groups is 2. The van der Waals surface area contributed by atoms with Crippen molar-refractivity contribution in [3.05, 3.63) is 148 Å². The van der Waals surface area contributed by atoms with Gasteiger partial charge in [0.15, 0.2) is 11.6 Å². The van der Waals surface area contributed by atoms with Gasteiger partial charge in [0.05, 0.1) is 43.9 Å². The Kier molecular flexibility index (Phi) is 19.8. The summed E-state index contributed by atoms with van der Waals surface area (Å²) < 4.78 is 28.8. The summed E-state index contributed by atoms with van der Waals surface area (Å²) in [6, 6.07) is 16.2. The molecule has 19 nitrogen and oxygen atoms in total. The maximum atomic E-state index is 14.5. The molecular formula is C44H42Cl4F2N12O7. The van der Waals surface area contributed by atoms with Gasteiger partial charge in [0.1, 0.15) is 18.1 Å². The summed E-state index contributed by atoms with van der Waals surface area (Å²) in [5.74, 6) is -6.08. The third-order valence-electron chi connectivity index (χ3n) is 10.8. The van der Waals surface area contributed by atoms with Crippen molar-refractivity contribution in [1.82, 2.24) is 20.9 Å². The Bertz CT molecular complexity index is 2710. The molecule has 4 aromatic rings. The smallest absolute Gasteiger partial charge is 0.303 e. The number of fused-ring (bicyclic) bond motifs is 2. The van der Waals surface area contributed by atoms with E-state index in [0.717, 1.165) is 22.3 Å². The summed E-state index contributed by atoms with van der Waals surface area (Å²) >= 11 is 23.1. The predicted octanol–water partition coefficient (Wildman–Crippen LogP) is 8.05. The molecule has 0 spiro atoms. The second kappa shape index (κ2) is 25.6. The number of carbonyl (C=O) groups excluding carboxylic acids is 5. The van der Waals surface area contributed by atoms with E-state index in [4.69, 9.17) is 62.6 Å². The van der Waals surface area contributed by atoms with Crippen LogP contribution in [-0.4, -0.2) is 82.8 Å². The number of carboxylic acids is 1. The van der Waals surface area contributed by atoms with E-state index in [2.05, 4.69) is 46.6 Å². The van der Waals surface area contributed by atoms with Crippen LogP contribution in [-0.2, 0) is 54.7 Å². The van der Waals surface area contributed by atoms with Crippen molar-refractivity contribution < 1.29 is 42.7 Å². The van der Waals surface area contributed by atoms with Crippen molar-refractivity contribution in [3.63, 3.8) is 0 Å². The minimum Gasteiger partial charge on any atom is -0.481 e. The van der Waals surface area contributed by atoms with Gasteiger partial charge >= 0.3 is 5.97 Å². The van der Waals surface area contributed by atoms with E-state index in [1.54, 1.807) is 12.1 Å². The molecule has 5 amide bonds. The molecule has 4 aromatic carbocycles. The fourth-order valence-corrected chi connectivity index (χ4v) is 7.86. The van der Waals surface area contributed by atoms with Gasteiger partial charge in [-0.2, -0.15) is 0 Å². The third kappa shape index (κ3) is 14.7. The molecule has 2 heterocycles. The van der Waals surface area contributed by atoms with Crippen molar-refractivity contribution in [2.45, 2.75) is 75.8 Å². The fraction of sp³-hybridized carbons (Fsp3) is 0.318. The molecule has 25 heteroatoms. The average molecular weight is 1030 g/mol. The predicted molar refractivity (Wildman–Crippen MR) is 253 cm³/mol. The lowest BCUT2D eigenvalue weighted by Gasteiger charge is -2.36. The number of hydrogen-bond acceptors (Lipinski definition) is 9. The first kappa shape index (κ1) is 53.3. The van der Waals surface area contributed by atoms with Gasteiger partial charge in [-0.05, 0) is 76.8 Å². The average Bonchev–Trinajstić information content (AvgIpc) is 3.34. The zero-order chi connectivity index (χ0) is 50.2. The number of carboxylic acid groups (broad SMARTS) is 1. The minimum atomic E-state index is -1.27. The minimum absolute atomic E-state index is 0.00836. The van der Waals surface area contributed by atoms with Gasteiger partial charge in [0.2, 0.25) is 29.5 Å². The van der Waals surface area contributed by atoms with Crippen LogP contribution in [0.1, 0.15) is 47.9 Å². The van der Waals surface area contributed by atoms with Gasteiger partial charge in [-0.25, -0.2) is 8.78 Å². The lowest BCUT2D eigenvalue weighted by molar-refractivity contribution is -0.145. The standard InChI is InChI=1S/C24H23Cl2FN6O5.C20H19Cl2FN6O2/c25-15-5-6-16(22(27)21(15)26)30-23(37)17(9-10-29-32-28)31-24(38)18-11-13-3-1-2-4-14(13)12-33(18)19(34)7-8-20(35)36;21-13-5-6-14(18(23)17(13)22)27-19(30)15(7-8-26-29-24)28-20(31)16-9-11-3-1-2-4-12(11)10-25-16/h1-6,17-18H,7-12H2,(H,30,37)(H,31,38)(H,35,36);1-6,15-16,25H,7-10H2,(H,27,30)(H,28,31)/t17-,18-;15-,16-/m00/s1. The molecule has 0 aliphatic carbocycles. The van der Waals surface area contributed by atoms with Crippen molar-refractivity contribution in [1.29, 1.82) is 0 Å². The number of anilines is 2. The first-order valence-corrected chi connectivity index (χ1v) is 22.4. The Morgan fingerprint density at radius 3 is 1.68 bits per heavy atom. The van der Waals surface area contributed by atoms with Crippen molar-refractivity contribution in [3.8, 4) is 0 Å². The summed E-state index contributed by atoms with van der Waals surface area (Å²) in [5.41, 5.74) is 20.5. The van der Waals surface area contributed by atoms with E-state index in [9.17, 15) is 37.5 Å². The third-order valence-corrected chi connectivity index (χ3v) is 12.4. The molecule has 0 fully saturated rings. The highest BCUT2D eigenvalue weighted by Gasteiger charge is 2.36. The summed E-state index contributed by atoms with van der Waals surface area (Å²) in [6.07, 6.45) is -0.202. The lowest BCUT2D eigenvalue weighted by atomic mass is 9.92. The zero-order valence-corrected chi connectivity index (χ0v) is 39.1. The molecule has 6 rings (SSSR count). The topological polar surface area (TPSA) is 284 Å². The maximum absolute atomic E-state index is 14.5. The van der Waals surface area contributed by atoms with Crippen molar-refractivity contribution in [2.24, 2.45) is 10.2 Å². The van der Waals surface area contributed by atoms with Gasteiger partial charge in [-0.3, -0.25) is 28.8 Å². The number of amides is 5. The molecule has 2 aliphatic rings. The van der Waals surface area contributed by atoms with Crippen LogP contribution in [0.4, 0.5) is 20.2 Å². The Morgan fingerprint density at radius 2 is 1.17 bits per heavy atom. The molecule has 0 bridgehead atoms. The number of aliphatic carboxylic acids is 1. The second-order valence-electron chi connectivity index (χ2n) is 15.3. The summed E-state index contributed by atoms with van der Waals surface area (Å²) in [7, 11) is 0. The lowest BCUT2D eigenvalue weighted by Crippen LogP contribution is -2.56. The van der Waals surface area contributed by atoms with Gasteiger partial charge < -0.3 is 36.6 Å². The number of halogens is 6. The Hall–Kier alpha value is -6.70. The molecule has 0 saturated heterocycles. The number of hydrogen-bond donors (Lipinski definition) is 6. The van der Waals surface area contributed by atoms with Crippen LogP contribution in [0.3, 0.4) is 0 Å². The van der Waals surface area contributed by atoms with Crippen molar-refractivity contribution >= 4 is 93.3 Å². The van der Waals surface area contributed by atoms with Crippen LogP contribution < -0.4 is 26.6 Å². The summed E-state index contributed by atoms with van der Waals surface area (Å²) in [4.78, 5) is 82.4. The highest BCUT2D eigenvalue weighted by molar-refractivity contribution is 6.42. The quantitative estimate of drug-likeness (QED) is 0.0260. The monoisotopic (exact) mass is 1030 g/mol. The number of nitrogens with zero attached hydrogens (tertiary/aromatic N) is 7. The van der Waals surface area contributed by atoms with Crippen LogP contribution in [0.15, 0.2) is 83.0 Å². The van der Waals surface area contributed by atoms with Gasteiger partial charge in [-0.1, -0.05) is 105 Å². The van der Waals surface area contributed by atoms with Crippen LogP contribution >= 0.6 is 46.4 Å². The number of nitrogens with one attached hydrogen (secondary N) is 5. The normalized spacial score (nSPS) is 15.4. The van der Waals surface area contributed by atoms with Gasteiger partial charge in [0.25, 0.3) is 0 Å². The maximum Gasteiger partial charge on any atom is 0.303 e. The molecule has 2 aliphatic heterocycles. The van der Waals surface area contributed by atoms with E-state index >= 15 is 0 Å². The van der Waals surface area contributed by atoms with Crippen LogP contribution in [0.25, 0.3) is 20.9 Å². The highest BCUT2D eigenvalue weighted by Crippen LogP contribution is 2.32. The molecule has 0 saturated carbocycles. The van der Waals surface area contributed by atoms with E-state index in [1.165, 1.54) is 29.2 Å². The van der Waals surface area contributed by atoms with Crippen LogP contribution in [0.5, 0.6) is 0 Å². The summed E-state index contributed by atoms with van der Waals surface area (Å²) in [5, 5.41) is 28.1. The van der Waals surface area contributed by atoms with Gasteiger partial charge in [-0.15, -0.1) is 0 Å². The Labute approximate surface area is 412 Å². The molecule has 0 aromatic heterocycles. The number of rotatable bonds is 17. The summed E-state index contributed by atoms with van der Waals surface area (Å²) in [6.45, 7) is 0.419. The molecular weight excluding hydrogens is 988 g/mol. The van der Waals surface area contributed by atoms with E-state index < -0.39 is 76.8 Å². The molecule has 6 N–H and O–H groups in total. The fourth-order valence-electron chi connectivity index (χ4n) is 7.24. The van der Waals surface area contributed by atoms with E-state index in [1.807, 2.05) is 36.4 Å². The highest BCUT2D eigenvalue weighted by atomic mass is 35.5. The first-order chi connectivity index (χ1) is 33.0. The Morgan fingerprint density at radius 1 is 0.696 bits per heavy atom. The molecule has 4 atom stereocenters. The first-order valence-electron chi connectivity index (χ1n) is 20.9. The SMILES string of the molecule is [N-]=[N+]=NCC[C@H](NC(=O)[C@@H]1Cc2ccccc2CN1)C(=O)Nc1ccc(Cl)c(Cl)c1F.[N-]=[N+]=NCC[C@H](NC(=O)[C@@H]1Cc2ccccc2CN1C(=O)CCC(=O)O)C(=O)Nc1ccc(Cl)c(Cl)c1F. The second-order valence-corrected chi connectivity index (χ2v) is 16.9. The van der Waals surface area contributed by atoms with Crippen LogP contribution in [0.2, 0.25) is 20.1 Å². The van der Waals surface area contributed by atoms with E-state index in [-0.39, 0.29) is 77.7 Å². The molecule has 69 heavy (non-hydrogen) atoms. The zero-order valence-electron chi connectivity index (χ0n) is 36.1. The number of benzene rings is 4. The largest absolute Gasteiger partial charge is 0.481 e.